The monoisotopic (exact) mass is 271 g/mol. The van der Waals surface area contributed by atoms with E-state index in [1.54, 1.807) is 0 Å². The third-order valence-electron chi connectivity index (χ3n) is 3.74. The van der Waals surface area contributed by atoms with Crippen molar-refractivity contribution in [1.29, 1.82) is 0 Å². The van der Waals surface area contributed by atoms with E-state index in [1.807, 2.05) is 0 Å². The van der Waals surface area contributed by atoms with Gasteiger partial charge in [0.1, 0.15) is 0 Å². The van der Waals surface area contributed by atoms with Crippen LogP contribution in [0.1, 0.15) is 60.8 Å². The lowest BCUT2D eigenvalue weighted by molar-refractivity contribution is -0.0558. The highest BCUT2D eigenvalue weighted by Crippen LogP contribution is 2.39. The molecule has 0 saturated heterocycles. The highest BCUT2D eigenvalue weighted by Gasteiger charge is 2.32. The number of nitrogens with one attached hydrogen (secondary N) is 1. The largest absolute Gasteiger partial charge is 0.389 e. The molecule has 0 unspecified atom stereocenters. The zero-order chi connectivity index (χ0) is 14.7. The van der Waals surface area contributed by atoms with Crippen molar-refractivity contribution in [2.75, 3.05) is 13.2 Å². The van der Waals surface area contributed by atoms with Crippen molar-refractivity contribution in [2.24, 2.45) is 11.3 Å². The van der Waals surface area contributed by atoms with Crippen LogP contribution in [-0.2, 0) is 4.74 Å². The zero-order valence-corrected chi connectivity index (χ0v) is 13.6. The molecule has 1 rings (SSSR count). The summed E-state index contributed by atoms with van der Waals surface area (Å²) in [5.41, 5.74) is 0.416. The van der Waals surface area contributed by atoms with Crippen molar-refractivity contribution in [3.05, 3.63) is 0 Å². The standard InChI is InChI=1S/C16H33NO2/c1-12-7-14(9-16(5,6)8-12)19-11-13(18)10-17-15(2,3)4/h12-14,17-18H,7-11H2,1-6H3/t12-,13+,14+/m1/s1. The molecule has 1 aliphatic carbocycles. The van der Waals surface area contributed by atoms with Crippen molar-refractivity contribution in [3.63, 3.8) is 0 Å². The predicted octanol–water partition coefficient (Wildman–Crippen LogP) is 2.97. The number of aliphatic hydroxyl groups excluding tert-OH is 1. The lowest BCUT2D eigenvalue weighted by Crippen LogP contribution is -2.43. The summed E-state index contributed by atoms with van der Waals surface area (Å²) in [6, 6.07) is 0. The molecule has 0 aliphatic heterocycles. The molecule has 1 saturated carbocycles. The average molecular weight is 271 g/mol. The summed E-state index contributed by atoms with van der Waals surface area (Å²) in [5, 5.41) is 13.3. The molecule has 0 aromatic heterocycles. The Morgan fingerprint density at radius 1 is 1.32 bits per heavy atom. The fraction of sp³-hybridized carbons (Fsp3) is 1.00. The van der Waals surface area contributed by atoms with Gasteiger partial charge in [-0.2, -0.15) is 0 Å². The van der Waals surface area contributed by atoms with Crippen LogP contribution < -0.4 is 5.32 Å². The maximum atomic E-state index is 9.95. The quantitative estimate of drug-likeness (QED) is 0.808. The van der Waals surface area contributed by atoms with E-state index < -0.39 is 6.10 Å². The van der Waals surface area contributed by atoms with Crippen LogP contribution in [0, 0.1) is 11.3 Å². The first-order valence-corrected chi connectivity index (χ1v) is 7.62. The second-order valence-corrected chi connectivity index (χ2v) is 8.15. The molecule has 0 spiro atoms. The highest BCUT2D eigenvalue weighted by molar-refractivity contribution is 4.83. The summed E-state index contributed by atoms with van der Waals surface area (Å²) in [7, 11) is 0. The van der Waals surface area contributed by atoms with Crippen LogP contribution in [0.4, 0.5) is 0 Å². The summed E-state index contributed by atoms with van der Waals surface area (Å²) in [5.74, 6) is 0.721. The van der Waals surface area contributed by atoms with Gasteiger partial charge >= 0.3 is 0 Å². The molecule has 0 aromatic rings. The molecule has 3 atom stereocenters. The normalized spacial score (nSPS) is 29.2. The molecule has 2 N–H and O–H groups in total. The van der Waals surface area contributed by atoms with E-state index in [4.69, 9.17) is 4.74 Å². The van der Waals surface area contributed by atoms with Gasteiger partial charge in [0.25, 0.3) is 0 Å². The van der Waals surface area contributed by atoms with E-state index in [0.717, 1.165) is 18.8 Å². The maximum Gasteiger partial charge on any atom is 0.0898 e. The zero-order valence-electron chi connectivity index (χ0n) is 13.6. The fourth-order valence-electron chi connectivity index (χ4n) is 3.12. The van der Waals surface area contributed by atoms with E-state index in [9.17, 15) is 5.11 Å². The molecule has 0 amide bonds. The van der Waals surface area contributed by atoms with Gasteiger partial charge in [0.2, 0.25) is 0 Å². The van der Waals surface area contributed by atoms with E-state index >= 15 is 0 Å². The van der Waals surface area contributed by atoms with E-state index in [1.165, 1.54) is 6.42 Å². The summed E-state index contributed by atoms with van der Waals surface area (Å²) in [4.78, 5) is 0. The van der Waals surface area contributed by atoms with Crippen LogP contribution in [0.3, 0.4) is 0 Å². The van der Waals surface area contributed by atoms with Crippen LogP contribution in [0.25, 0.3) is 0 Å². The number of rotatable bonds is 5. The minimum atomic E-state index is -0.417. The van der Waals surface area contributed by atoms with Crippen molar-refractivity contribution in [2.45, 2.75) is 78.6 Å². The lowest BCUT2D eigenvalue weighted by Gasteiger charge is -2.39. The Kier molecular flexibility index (Phi) is 5.84. The van der Waals surface area contributed by atoms with Crippen LogP contribution in [0.2, 0.25) is 0 Å². The van der Waals surface area contributed by atoms with Crippen molar-refractivity contribution in [3.8, 4) is 0 Å². The van der Waals surface area contributed by atoms with Gasteiger partial charge in [0.15, 0.2) is 0 Å². The first-order chi connectivity index (χ1) is 8.57. The molecule has 3 heteroatoms. The Morgan fingerprint density at radius 3 is 2.47 bits per heavy atom. The van der Waals surface area contributed by atoms with Crippen molar-refractivity contribution in [1.82, 2.24) is 5.32 Å². The Balaban J connectivity index is 2.28. The van der Waals surface area contributed by atoms with E-state index in [0.29, 0.717) is 24.7 Å². The predicted molar refractivity (Wildman–Crippen MR) is 80.3 cm³/mol. The van der Waals surface area contributed by atoms with Gasteiger partial charge in [-0.25, -0.2) is 0 Å². The number of hydrogen-bond donors (Lipinski definition) is 2. The first-order valence-electron chi connectivity index (χ1n) is 7.62. The number of hydrogen-bond acceptors (Lipinski definition) is 3. The van der Waals surface area contributed by atoms with Gasteiger partial charge in [0.05, 0.1) is 18.8 Å². The Hall–Kier alpha value is -0.120. The Labute approximate surface area is 119 Å². The fourth-order valence-corrected chi connectivity index (χ4v) is 3.12. The molecule has 1 aliphatic rings. The first kappa shape index (κ1) is 16.9. The van der Waals surface area contributed by atoms with Crippen molar-refractivity contribution >= 4 is 0 Å². The van der Waals surface area contributed by atoms with Gasteiger partial charge in [-0.1, -0.05) is 20.8 Å². The van der Waals surface area contributed by atoms with Gasteiger partial charge in [0, 0.05) is 12.1 Å². The van der Waals surface area contributed by atoms with Crippen molar-refractivity contribution < 1.29 is 9.84 Å². The van der Waals surface area contributed by atoms with Gasteiger partial charge < -0.3 is 15.2 Å². The molecule has 0 heterocycles. The average Bonchev–Trinajstić information content (AvgIpc) is 2.19. The lowest BCUT2D eigenvalue weighted by atomic mass is 9.71. The maximum absolute atomic E-state index is 9.95. The molecule has 0 radical (unpaired) electrons. The molecular weight excluding hydrogens is 238 g/mol. The Morgan fingerprint density at radius 2 is 1.95 bits per heavy atom. The minimum Gasteiger partial charge on any atom is -0.389 e. The highest BCUT2D eigenvalue weighted by atomic mass is 16.5. The second kappa shape index (κ2) is 6.55. The van der Waals surface area contributed by atoms with E-state index in [-0.39, 0.29) is 5.54 Å². The number of β-amino-alcohol motifs (C(OH)–C–C–N with tert-alkyl or cyclic N) is 1. The SMILES string of the molecule is C[C@@H]1C[C@H](OC[C@@H](O)CNC(C)(C)C)CC(C)(C)C1. The molecule has 114 valence electrons. The Bertz CT molecular complexity index is 270. The summed E-state index contributed by atoms with van der Waals surface area (Å²) in [6.45, 7) is 14.3. The minimum absolute atomic E-state index is 0.0440. The summed E-state index contributed by atoms with van der Waals surface area (Å²) in [6.07, 6.45) is 3.41. The smallest absolute Gasteiger partial charge is 0.0898 e. The van der Waals surface area contributed by atoms with Crippen LogP contribution in [-0.4, -0.2) is 36.0 Å². The van der Waals surface area contributed by atoms with Crippen LogP contribution >= 0.6 is 0 Å². The second-order valence-electron chi connectivity index (χ2n) is 8.15. The number of ether oxygens (including phenoxy) is 1. The number of aliphatic hydroxyl groups is 1. The third kappa shape index (κ3) is 7.28. The third-order valence-corrected chi connectivity index (χ3v) is 3.74. The molecular formula is C16H33NO2. The van der Waals surface area contributed by atoms with Gasteiger partial charge in [-0.15, -0.1) is 0 Å². The summed E-state index contributed by atoms with van der Waals surface area (Å²) < 4.78 is 5.93. The molecule has 0 aromatic carbocycles. The molecule has 3 nitrogen and oxygen atoms in total. The van der Waals surface area contributed by atoms with Gasteiger partial charge in [-0.3, -0.25) is 0 Å². The van der Waals surface area contributed by atoms with E-state index in [2.05, 4.69) is 46.9 Å². The molecule has 19 heavy (non-hydrogen) atoms. The molecule has 1 fully saturated rings. The summed E-state index contributed by atoms with van der Waals surface area (Å²) >= 11 is 0. The topological polar surface area (TPSA) is 41.5 Å². The van der Waals surface area contributed by atoms with Crippen LogP contribution in [0.5, 0.6) is 0 Å². The molecule has 0 bridgehead atoms. The van der Waals surface area contributed by atoms with Crippen LogP contribution in [0.15, 0.2) is 0 Å². The van der Waals surface area contributed by atoms with Gasteiger partial charge in [-0.05, 0) is 51.4 Å².